The minimum absolute atomic E-state index is 0.0471. The molecule has 0 spiro atoms. The van der Waals surface area contributed by atoms with Gasteiger partial charge in [-0.1, -0.05) is 26.0 Å². The summed E-state index contributed by atoms with van der Waals surface area (Å²) in [5.41, 5.74) is 0.224. The van der Waals surface area contributed by atoms with Crippen molar-refractivity contribution >= 4 is 44.8 Å². The average Bonchev–Trinajstić information content (AvgIpc) is 3.28. The number of anilines is 1. The molecule has 0 saturated carbocycles. The molecule has 0 fully saturated rings. The van der Waals surface area contributed by atoms with Crippen LogP contribution in [0.15, 0.2) is 45.1 Å². The van der Waals surface area contributed by atoms with Crippen LogP contribution in [0.4, 0.5) is 5.69 Å². The lowest BCUT2D eigenvalue weighted by atomic mass is 10.0. The van der Waals surface area contributed by atoms with Crippen LogP contribution in [-0.4, -0.2) is 50.1 Å². The van der Waals surface area contributed by atoms with E-state index in [9.17, 15) is 18.3 Å². The van der Waals surface area contributed by atoms with Crippen molar-refractivity contribution in [2.24, 2.45) is 15.3 Å². The highest BCUT2D eigenvalue weighted by Gasteiger charge is 2.30. The molecule has 0 unspecified atom stereocenters. The molecule has 0 bridgehead atoms. The first kappa shape index (κ1) is 21.8. The number of carbonyl (C=O) groups is 1. The maximum Gasteiger partial charge on any atom is 0.345 e. The number of carbonyl (C=O) groups excluding carboxylic acids is 1. The SMILES string of the molecule is CC(C)[C@@H](N=C1NS(=O)(=O)N=C1Nc1cccc(C(=O)N(C)C)c1O)c1cccs1. The van der Waals surface area contributed by atoms with Crippen LogP contribution in [-0.2, 0) is 10.2 Å². The molecular weight excluding hydrogens is 426 g/mol. The second kappa shape index (κ2) is 8.44. The third-order valence-electron chi connectivity index (χ3n) is 4.32. The second-order valence-electron chi connectivity index (χ2n) is 7.23. The number of phenolic OH excluding ortho intramolecular Hbond substituents is 1. The van der Waals surface area contributed by atoms with Gasteiger partial charge in [-0.25, -0.2) is 4.72 Å². The Morgan fingerprint density at radius 2 is 2.00 bits per heavy atom. The molecule has 11 heteroatoms. The van der Waals surface area contributed by atoms with Crippen LogP contribution in [0.5, 0.6) is 5.75 Å². The van der Waals surface area contributed by atoms with Gasteiger partial charge >= 0.3 is 10.2 Å². The molecule has 30 heavy (non-hydrogen) atoms. The number of hydrogen-bond acceptors (Lipinski definition) is 7. The van der Waals surface area contributed by atoms with E-state index in [1.807, 2.05) is 31.4 Å². The van der Waals surface area contributed by atoms with Gasteiger partial charge in [-0.05, 0) is 29.5 Å². The number of amidine groups is 2. The minimum atomic E-state index is -3.97. The smallest absolute Gasteiger partial charge is 0.345 e. The van der Waals surface area contributed by atoms with E-state index in [0.717, 1.165) is 4.88 Å². The Hall–Kier alpha value is -2.92. The first-order valence-corrected chi connectivity index (χ1v) is 11.5. The predicted octanol–water partition coefficient (Wildman–Crippen LogP) is 2.61. The van der Waals surface area contributed by atoms with Crippen molar-refractivity contribution in [3.05, 3.63) is 46.2 Å². The van der Waals surface area contributed by atoms with Gasteiger partial charge in [-0.2, -0.15) is 8.42 Å². The van der Waals surface area contributed by atoms with Gasteiger partial charge < -0.3 is 15.3 Å². The Morgan fingerprint density at radius 1 is 1.27 bits per heavy atom. The van der Waals surface area contributed by atoms with Crippen LogP contribution in [0, 0.1) is 5.92 Å². The lowest BCUT2D eigenvalue weighted by Gasteiger charge is -2.17. The number of aliphatic imine (C=N–C) groups is 1. The van der Waals surface area contributed by atoms with Crippen molar-refractivity contribution in [2.75, 3.05) is 19.4 Å². The summed E-state index contributed by atoms with van der Waals surface area (Å²) in [6, 6.07) is 8.15. The normalized spacial score (nSPS) is 17.5. The fraction of sp³-hybridized carbons (Fsp3) is 0.316. The summed E-state index contributed by atoms with van der Waals surface area (Å²) in [6.07, 6.45) is 0. The summed E-state index contributed by atoms with van der Waals surface area (Å²) in [5.74, 6) is -0.590. The number of hydrogen-bond donors (Lipinski definition) is 3. The summed E-state index contributed by atoms with van der Waals surface area (Å²) in [7, 11) is -0.826. The highest BCUT2D eigenvalue weighted by Crippen LogP contribution is 2.31. The van der Waals surface area contributed by atoms with Crippen molar-refractivity contribution < 1.29 is 18.3 Å². The molecule has 2 heterocycles. The largest absolute Gasteiger partial charge is 0.505 e. The van der Waals surface area contributed by atoms with Gasteiger partial charge in [0.25, 0.3) is 5.91 Å². The fourth-order valence-electron chi connectivity index (χ4n) is 2.85. The zero-order valence-electron chi connectivity index (χ0n) is 16.9. The maximum atomic E-state index is 12.3. The quantitative estimate of drug-likeness (QED) is 0.606. The summed E-state index contributed by atoms with van der Waals surface area (Å²) >= 11 is 1.53. The van der Waals surface area contributed by atoms with Gasteiger partial charge in [0.15, 0.2) is 17.4 Å². The zero-order chi connectivity index (χ0) is 22.1. The average molecular weight is 450 g/mol. The molecule has 0 aliphatic carbocycles. The third kappa shape index (κ3) is 4.62. The maximum absolute atomic E-state index is 12.3. The lowest BCUT2D eigenvalue weighted by molar-refractivity contribution is 0.0824. The Balaban J connectivity index is 1.98. The molecule has 1 aliphatic rings. The Labute approximate surface area is 179 Å². The molecule has 1 aliphatic heterocycles. The van der Waals surface area contributed by atoms with E-state index in [0.29, 0.717) is 0 Å². The standard InChI is InChI=1S/C19H23N5O4S2/c1-11(2)15(14-9-6-10-29-14)21-18-17(22-30(27,28)23-18)20-13-8-5-7-12(16(13)25)19(26)24(3)4/h5-11,15,25H,1-4H3,(H,20,22)(H,21,23)/t15-/m1/s1. The molecule has 0 radical (unpaired) electrons. The highest BCUT2D eigenvalue weighted by atomic mass is 32.2. The molecule has 160 valence electrons. The van der Waals surface area contributed by atoms with Gasteiger partial charge in [-0.15, -0.1) is 15.7 Å². The number of phenols is 1. The van der Waals surface area contributed by atoms with Crippen LogP contribution < -0.4 is 10.0 Å². The molecule has 0 saturated heterocycles. The molecule has 3 N–H and O–H groups in total. The number of nitrogens with one attached hydrogen (secondary N) is 2. The van der Waals surface area contributed by atoms with E-state index >= 15 is 0 Å². The van der Waals surface area contributed by atoms with Crippen molar-refractivity contribution in [1.29, 1.82) is 0 Å². The molecule has 1 aromatic carbocycles. The predicted molar refractivity (Wildman–Crippen MR) is 119 cm³/mol. The first-order chi connectivity index (χ1) is 14.1. The van der Waals surface area contributed by atoms with Crippen LogP contribution in [0.3, 0.4) is 0 Å². The molecule has 9 nitrogen and oxygen atoms in total. The van der Waals surface area contributed by atoms with Crippen LogP contribution in [0.25, 0.3) is 0 Å². The van der Waals surface area contributed by atoms with Crippen LogP contribution >= 0.6 is 11.3 Å². The minimum Gasteiger partial charge on any atom is -0.505 e. The molecule has 1 atom stereocenters. The van der Waals surface area contributed by atoms with E-state index in [2.05, 4.69) is 19.4 Å². The van der Waals surface area contributed by atoms with Crippen LogP contribution in [0.1, 0.15) is 35.1 Å². The van der Waals surface area contributed by atoms with E-state index in [1.54, 1.807) is 20.2 Å². The molecule has 2 aromatic rings. The summed E-state index contributed by atoms with van der Waals surface area (Å²) in [4.78, 5) is 19.2. The third-order valence-corrected chi connectivity index (χ3v) is 6.14. The number of rotatable bonds is 5. The number of nitrogens with zero attached hydrogens (tertiary/aromatic N) is 3. The topological polar surface area (TPSA) is 123 Å². The molecule has 1 amide bonds. The van der Waals surface area contributed by atoms with E-state index in [-0.39, 0.29) is 46.5 Å². The summed E-state index contributed by atoms with van der Waals surface area (Å²) < 4.78 is 30.2. The Kier molecular flexibility index (Phi) is 6.13. The molecule has 1 aromatic heterocycles. The summed E-state index contributed by atoms with van der Waals surface area (Å²) in [6.45, 7) is 3.98. The highest BCUT2D eigenvalue weighted by molar-refractivity contribution is 7.89. The lowest BCUT2D eigenvalue weighted by Crippen LogP contribution is -2.31. The second-order valence-corrected chi connectivity index (χ2v) is 9.54. The van der Waals surface area contributed by atoms with Gasteiger partial charge in [0, 0.05) is 19.0 Å². The Morgan fingerprint density at radius 3 is 2.60 bits per heavy atom. The number of amides is 1. The number of aromatic hydroxyl groups is 1. The Bertz CT molecular complexity index is 1110. The van der Waals surface area contributed by atoms with E-state index in [4.69, 9.17) is 0 Å². The van der Waals surface area contributed by atoms with Crippen molar-refractivity contribution in [2.45, 2.75) is 19.9 Å². The van der Waals surface area contributed by atoms with E-state index in [1.165, 1.54) is 28.4 Å². The zero-order valence-corrected chi connectivity index (χ0v) is 18.6. The van der Waals surface area contributed by atoms with Crippen molar-refractivity contribution in [3.8, 4) is 5.75 Å². The molecule has 3 rings (SSSR count). The van der Waals surface area contributed by atoms with Gasteiger partial charge in [0.1, 0.15) is 0 Å². The number of thiophene rings is 1. The van der Waals surface area contributed by atoms with Gasteiger partial charge in [0.05, 0.1) is 17.3 Å². The number of benzene rings is 1. The number of para-hydroxylation sites is 1. The van der Waals surface area contributed by atoms with Crippen molar-refractivity contribution in [3.63, 3.8) is 0 Å². The van der Waals surface area contributed by atoms with Gasteiger partial charge in [0.2, 0.25) is 0 Å². The monoisotopic (exact) mass is 449 g/mol. The summed E-state index contributed by atoms with van der Waals surface area (Å²) in [5, 5.41) is 15.3. The van der Waals surface area contributed by atoms with Crippen molar-refractivity contribution in [1.82, 2.24) is 9.62 Å². The fourth-order valence-corrected chi connectivity index (χ4v) is 4.60. The first-order valence-electron chi connectivity index (χ1n) is 9.14. The molecular formula is C19H23N5O4S2. The van der Waals surface area contributed by atoms with E-state index < -0.39 is 10.2 Å². The van der Waals surface area contributed by atoms with Crippen LogP contribution in [0.2, 0.25) is 0 Å². The van der Waals surface area contributed by atoms with Gasteiger partial charge in [-0.3, -0.25) is 9.79 Å².